The molecule has 0 aliphatic rings. The Hall–Kier alpha value is -3.84. The number of benzene rings is 3. The summed E-state index contributed by atoms with van der Waals surface area (Å²) in [5.74, 6) is -0.770. The van der Waals surface area contributed by atoms with Crippen LogP contribution in [0.4, 0.5) is 5.69 Å². The highest BCUT2D eigenvalue weighted by molar-refractivity contribution is 5.92. The molecule has 0 aliphatic heterocycles. The fourth-order valence-electron chi connectivity index (χ4n) is 3.17. The van der Waals surface area contributed by atoms with Gasteiger partial charge in [-0.25, -0.2) is 5.43 Å². The summed E-state index contributed by atoms with van der Waals surface area (Å²) in [6, 6.07) is 20.1. The number of nitro groups is 1. The Labute approximate surface area is 173 Å². The van der Waals surface area contributed by atoms with Crippen LogP contribution in [0.3, 0.4) is 0 Å². The van der Waals surface area contributed by atoms with Gasteiger partial charge in [-0.2, -0.15) is 5.10 Å². The van der Waals surface area contributed by atoms with Gasteiger partial charge in [0.25, 0.3) is 11.6 Å². The molecule has 7 nitrogen and oxygen atoms in total. The van der Waals surface area contributed by atoms with Gasteiger partial charge in [0.05, 0.1) is 16.7 Å². The molecule has 0 heterocycles. The summed E-state index contributed by atoms with van der Waals surface area (Å²) in [6.45, 7) is 3.73. The van der Waals surface area contributed by atoms with Crippen molar-refractivity contribution in [2.75, 3.05) is 0 Å². The lowest BCUT2D eigenvalue weighted by molar-refractivity contribution is -0.385. The van der Waals surface area contributed by atoms with E-state index in [-0.39, 0.29) is 11.3 Å². The van der Waals surface area contributed by atoms with Crippen LogP contribution < -0.4 is 5.43 Å². The molecule has 7 heteroatoms. The van der Waals surface area contributed by atoms with Gasteiger partial charge in [0.2, 0.25) is 0 Å². The third-order valence-corrected chi connectivity index (χ3v) is 4.70. The molecule has 0 aromatic heterocycles. The van der Waals surface area contributed by atoms with E-state index in [1.54, 1.807) is 48.5 Å². The summed E-state index contributed by atoms with van der Waals surface area (Å²) in [4.78, 5) is 23.7. The highest BCUT2D eigenvalue weighted by atomic mass is 16.6. The maximum Gasteiger partial charge on any atom is 0.281 e. The first kappa shape index (κ1) is 20.9. The lowest BCUT2D eigenvalue weighted by atomic mass is 9.84. The predicted molar refractivity (Wildman–Crippen MR) is 114 cm³/mol. The van der Waals surface area contributed by atoms with E-state index in [9.17, 15) is 20.0 Å². The van der Waals surface area contributed by atoms with Crippen molar-refractivity contribution in [1.82, 2.24) is 5.43 Å². The SMILES string of the molecule is Cc1cccc(C(O)(C(=O)N/N=C\c2ccccc2[N+](=O)[O-])c2cccc(C)c2)c1. The monoisotopic (exact) mass is 403 g/mol. The number of para-hydroxylation sites is 1. The third kappa shape index (κ3) is 4.26. The molecule has 1 amide bonds. The van der Waals surface area contributed by atoms with E-state index in [2.05, 4.69) is 10.5 Å². The number of rotatable bonds is 6. The van der Waals surface area contributed by atoms with Crippen LogP contribution in [0, 0.1) is 24.0 Å². The number of aryl methyl sites for hydroxylation is 2. The van der Waals surface area contributed by atoms with Crippen LogP contribution in [0.5, 0.6) is 0 Å². The highest BCUT2D eigenvalue weighted by Crippen LogP contribution is 2.31. The van der Waals surface area contributed by atoms with Gasteiger partial charge in [-0.1, -0.05) is 71.8 Å². The van der Waals surface area contributed by atoms with E-state index in [0.717, 1.165) is 11.1 Å². The van der Waals surface area contributed by atoms with Crippen molar-refractivity contribution in [3.05, 3.63) is 111 Å². The summed E-state index contributed by atoms with van der Waals surface area (Å²) in [5, 5.41) is 26.5. The minimum absolute atomic E-state index is 0.136. The van der Waals surface area contributed by atoms with Crippen LogP contribution in [0.15, 0.2) is 77.9 Å². The van der Waals surface area contributed by atoms with E-state index in [4.69, 9.17) is 0 Å². The Balaban J connectivity index is 1.97. The number of carbonyl (C=O) groups is 1. The standard InChI is InChI=1S/C23H21N3O4/c1-16-7-5-10-19(13-16)23(28,20-11-6-8-17(2)14-20)22(27)25-24-15-18-9-3-4-12-21(18)26(29)30/h3-15,28H,1-2H3,(H,25,27)/b24-15-. The molecule has 0 unspecified atom stereocenters. The molecule has 0 spiro atoms. The minimum atomic E-state index is -1.99. The van der Waals surface area contributed by atoms with Crippen LogP contribution in [0.2, 0.25) is 0 Å². The normalized spacial score (nSPS) is 11.4. The zero-order valence-electron chi connectivity index (χ0n) is 16.6. The van der Waals surface area contributed by atoms with Gasteiger partial charge in [-0.15, -0.1) is 0 Å². The summed E-state index contributed by atoms with van der Waals surface area (Å²) < 4.78 is 0. The molecule has 3 aromatic carbocycles. The molecule has 2 N–H and O–H groups in total. The van der Waals surface area contributed by atoms with Gasteiger partial charge < -0.3 is 5.11 Å². The molecule has 0 saturated heterocycles. The van der Waals surface area contributed by atoms with Crippen molar-refractivity contribution in [3.63, 3.8) is 0 Å². The van der Waals surface area contributed by atoms with Crippen LogP contribution in [0.25, 0.3) is 0 Å². The molecule has 0 radical (unpaired) electrons. The van der Waals surface area contributed by atoms with Crippen LogP contribution >= 0.6 is 0 Å². The molecule has 3 rings (SSSR count). The number of nitrogens with zero attached hydrogens (tertiary/aromatic N) is 2. The first-order valence-corrected chi connectivity index (χ1v) is 9.26. The average molecular weight is 403 g/mol. The molecule has 0 aliphatic carbocycles. The van der Waals surface area contributed by atoms with Gasteiger partial charge in [0.15, 0.2) is 5.60 Å². The summed E-state index contributed by atoms with van der Waals surface area (Å²) in [7, 11) is 0. The smallest absolute Gasteiger partial charge is 0.281 e. The number of hydrogen-bond acceptors (Lipinski definition) is 5. The predicted octanol–water partition coefficient (Wildman–Crippen LogP) is 3.60. The number of carbonyl (C=O) groups excluding carboxylic acids is 1. The minimum Gasteiger partial charge on any atom is -0.372 e. The van der Waals surface area contributed by atoms with E-state index >= 15 is 0 Å². The molecule has 152 valence electrons. The van der Waals surface area contributed by atoms with Crippen molar-refractivity contribution in [2.24, 2.45) is 5.10 Å². The Bertz CT molecular complexity index is 1080. The van der Waals surface area contributed by atoms with E-state index in [1.165, 1.54) is 18.3 Å². The summed E-state index contributed by atoms with van der Waals surface area (Å²) >= 11 is 0. The second-order valence-electron chi connectivity index (χ2n) is 6.96. The third-order valence-electron chi connectivity index (χ3n) is 4.70. The molecule has 0 atom stereocenters. The maximum atomic E-state index is 13.1. The van der Waals surface area contributed by atoms with Crippen molar-refractivity contribution in [2.45, 2.75) is 19.4 Å². The second kappa shape index (κ2) is 8.67. The van der Waals surface area contributed by atoms with Gasteiger partial charge in [-0.3, -0.25) is 14.9 Å². The Kier molecular flexibility index (Phi) is 6.03. The quantitative estimate of drug-likeness (QED) is 0.373. The van der Waals surface area contributed by atoms with Crippen LogP contribution in [-0.4, -0.2) is 22.2 Å². The Morgan fingerprint density at radius 2 is 1.57 bits per heavy atom. The Morgan fingerprint density at radius 3 is 2.10 bits per heavy atom. The Morgan fingerprint density at radius 1 is 1.00 bits per heavy atom. The van der Waals surface area contributed by atoms with E-state index in [1.807, 2.05) is 26.0 Å². The lowest BCUT2D eigenvalue weighted by Crippen LogP contribution is -2.43. The molecule has 0 fully saturated rings. The molecular formula is C23H21N3O4. The van der Waals surface area contributed by atoms with Crippen molar-refractivity contribution in [3.8, 4) is 0 Å². The number of hydrazone groups is 1. The van der Waals surface area contributed by atoms with Gasteiger partial charge in [0, 0.05) is 6.07 Å². The first-order chi connectivity index (χ1) is 14.3. The molecule has 0 bridgehead atoms. The van der Waals surface area contributed by atoms with Crippen LogP contribution in [0.1, 0.15) is 27.8 Å². The molecule has 3 aromatic rings. The van der Waals surface area contributed by atoms with Gasteiger partial charge in [0.1, 0.15) is 0 Å². The lowest BCUT2D eigenvalue weighted by Gasteiger charge is -2.27. The summed E-state index contributed by atoms with van der Waals surface area (Å²) in [5.41, 5.74) is 3.00. The maximum absolute atomic E-state index is 13.1. The summed E-state index contributed by atoms with van der Waals surface area (Å²) in [6.07, 6.45) is 1.18. The van der Waals surface area contributed by atoms with Crippen molar-refractivity contribution >= 4 is 17.8 Å². The topological polar surface area (TPSA) is 105 Å². The molecule has 0 saturated carbocycles. The zero-order chi connectivity index (χ0) is 21.7. The van der Waals surface area contributed by atoms with E-state index in [0.29, 0.717) is 11.1 Å². The number of aliphatic hydroxyl groups is 1. The fourth-order valence-corrected chi connectivity index (χ4v) is 3.17. The number of hydrogen-bond donors (Lipinski definition) is 2. The number of nitrogens with one attached hydrogen (secondary N) is 1. The number of amides is 1. The fraction of sp³-hybridized carbons (Fsp3) is 0.130. The average Bonchev–Trinajstić information content (AvgIpc) is 2.73. The second-order valence-corrected chi connectivity index (χ2v) is 6.96. The number of nitro benzene ring substituents is 1. The van der Waals surface area contributed by atoms with Crippen molar-refractivity contribution in [1.29, 1.82) is 0 Å². The molecule has 30 heavy (non-hydrogen) atoms. The van der Waals surface area contributed by atoms with Gasteiger partial charge in [-0.05, 0) is 31.0 Å². The molecular weight excluding hydrogens is 382 g/mol. The zero-order valence-corrected chi connectivity index (χ0v) is 16.6. The highest BCUT2D eigenvalue weighted by Gasteiger charge is 2.40. The van der Waals surface area contributed by atoms with E-state index < -0.39 is 16.4 Å². The van der Waals surface area contributed by atoms with Crippen molar-refractivity contribution < 1.29 is 14.8 Å². The van der Waals surface area contributed by atoms with Crippen LogP contribution in [-0.2, 0) is 10.4 Å². The first-order valence-electron chi connectivity index (χ1n) is 9.26. The largest absolute Gasteiger partial charge is 0.372 e. The van der Waals surface area contributed by atoms with Gasteiger partial charge >= 0.3 is 0 Å².